The number of nitrogens with zero attached hydrogens (tertiary/aromatic N) is 4. The molecule has 1 amide bonds. The van der Waals surface area contributed by atoms with Gasteiger partial charge >= 0.3 is 0 Å². The maximum Gasteiger partial charge on any atom is 0.272 e. The molecule has 2 aromatic rings. The minimum absolute atomic E-state index is 0.0191. The lowest BCUT2D eigenvalue weighted by molar-refractivity contribution is 0.0769. The normalized spacial score (nSPS) is 21.3. The van der Waals surface area contributed by atoms with Gasteiger partial charge in [-0.15, -0.1) is 0 Å². The average molecular weight is 300 g/mol. The van der Waals surface area contributed by atoms with Gasteiger partial charge in [-0.25, -0.2) is 0 Å². The minimum Gasteiger partial charge on any atom is -0.396 e. The van der Waals surface area contributed by atoms with Crippen LogP contribution in [0.2, 0.25) is 0 Å². The van der Waals surface area contributed by atoms with Crippen molar-refractivity contribution in [2.75, 3.05) is 19.7 Å². The molecule has 1 aliphatic rings. The molecule has 0 unspecified atom stereocenters. The summed E-state index contributed by atoms with van der Waals surface area (Å²) >= 11 is 0. The Labute approximate surface area is 129 Å². The zero-order chi connectivity index (χ0) is 15.5. The minimum atomic E-state index is -0.0191. The molecule has 1 fully saturated rings. The van der Waals surface area contributed by atoms with E-state index in [9.17, 15) is 9.90 Å². The molecule has 3 heterocycles. The Hall–Kier alpha value is -2.21. The topological polar surface area (TPSA) is 71.2 Å². The highest BCUT2D eigenvalue weighted by molar-refractivity contribution is 5.92. The number of aliphatic hydroxyl groups excluding tert-OH is 1. The summed E-state index contributed by atoms with van der Waals surface area (Å²) < 4.78 is 1.70. The first-order chi connectivity index (χ1) is 10.7. The Morgan fingerprint density at radius 1 is 1.27 bits per heavy atom. The van der Waals surface area contributed by atoms with Crippen molar-refractivity contribution in [1.29, 1.82) is 0 Å². The monoisotopic (exact) mass is 300 g/mol. The van der Waals surface area contributed by atoms with Crippen LogP contribution < -0.4 is 0 Å². The van der Waals surface area contributed by atoms with Crippen molar-refractivity contribution >= 4 is 5.91 Å². The smallest absolute Gasteiger partial charge is 0.272 e. The van der Waals surface area contributed by atoms with Crippen molar-refractivity contribution in [3.8, 4) is 0 Å². The van der Waals surface area contributed by atoms with Gasteiger partial charge in [-0.1, -0.05) is 0 Å². The largest absolute Gasteiger partial charge is 0.396 e. The zero-order valence-corrected chi connectivity index (χ0v) is 12.6. The van der Waals surface area contributed by atoms with Crippen LogP contribution in [0.25, 0.3) is 0 Å². The van der Waals surface area contributed by atoms with E-state index in [0.717, 1.165) is 5.56 Å². The van der Waals surface area contributed by atoms with Gasteiger partial charge in [0.15, 0.2) is 0 Å². The fourth-order valence-corrected chi connectivity index (χ4v) is 3.14. The summed E-state index contributed by atoms with van der Waals surface area (Å²) in [5.74, 6) is 0.189. The number of likely N-dealkylation sites (tertiary alicyclic amines) is 1. The van der Waals surface area contributed by atoms with Gasteiger partial charge in [0.1, 0.15) is 5.69 Å². The van der Waals surface area contributed by atoms with E-state index in [4.69, 9.17) is 0 Å². The summed E-state index contributed by atoms with van der Waals surface area (Å²) in [6.07, 6.45) is 5.15. The van der Waals surface area contributed by atoms with Gasteiger partial charge in [-0.05, 0) is 30.7 Å². The lowest BCUT2D eigenvalue weighted by Gasteiger charge is -2.17. The fourth-order valence-electron chi connectivity index (χ4n) is 3.14. The van der Waals surface area contributed by atoms with E-state index in [-0.39, 0.29) is 24.3 Å². The Bertz CT molecular complexity index is 641. The maximum absolute atomic E-state index is 12.7. The first-order valence-electron chi connectivity index (χ1n) is 7.56. The van der Waals surface area contributed by atoms with Crippen LogP contribution in [0, 0.1) is 5.92 Å². The van der Waals surface area contributed by atoms with Gasteiger partial charge in [0.2, 0.25) is 0 Å². The van der Waals surface area contributed by atoms with Gasteiger partial charge in [0.05, 0.1) is 0 Å². The van der Waals surface area contributed by atoms with E-state index in [1.54, 1.807) is 29.3 Å². The summed E-state index contributed by atoms with van der Waals surface area (Å²) in [5, 5.41) is 13.8. The summed E-state index contributed by atoms with van der Waals surface area (Å²) in [6, 6.07) is 5.66. The number of pyridine rings is 1. The summed E-state index contributed by atoms with van der Waals surface area (Å²) in [6.45, 7) is 3.88. The first-order valence-corrected chi connectivity index (χ1v) is 7.56. The van der Waals surface area contributed by atoms with Crippen molar-refractivity contribution in [3.05, 3.63) is 48.0 Å². The molecule has 1 saturated heterocycles. The molecule has 1 aliphatic heterocycles. The van der Waals surface area contributed by atoms with Gasteiger partial charge < -0.3 is 10.0 Å². The van der Waals surface area contributed by atoms with Crippen LogP contribution in [-0.4, -0.2) is 50.4 Å². The molecule has 2 atom stereocenters. The fraction of sp³-hybridized carbons (Fsp3) is 0.438. The van der Waals surface area contributed by atoms with Crippen molar-refractivity contribution in [3.63, 3.8) is 0 Å². The highest BCUT2D eigenvalue weighted by Crippen LogP contribution is 2.32. The van der Waals surface area contributed by atoms with E-state index >= 15 is 0 Å². The Morgan fingerprint density at radius 3 is 2.73 bits per heavy atom. The second-order valence-electron chi connectivity index (χ2n) is 5.57. The van der Waals surface area contributed by atoms with Crippen LogP contribution in [0.4, 0.5) is 0 Å². The quantitative estimate of drug-likeness (QED) is 0.919. The Kier molecular flexibility index (Phi) is 4.20. The van der Waals surface area contributed by atoms with Crippen LogP contribution >= 0.6 is 0 Å². The van der Waals surface area contributed by atoms with Crippen LogP contribution in [0.15, 0.2) is 36.8 Å². The molecule has 2 aromatic heterocycles. The van der Waals surface area contributed by atoms with Gasteiger partial charge in [-0.3, -0.25) is 14.5 Å². The number of aliphatic hydroxyl groups is 1. The highest BCUT2D eigenvalue weighted by atomic mass is 16.3. The third-order valence-corrected chi connectivity index (χ3v) is 4.33. The number of hydrogen-bond donors (Lipinski definition) is 1. The van der Waals surface area contributed by atoms with E-state index in [1.807, 2.05) is 24.0 Å². The molecule has 22 heavy (non-hydrogen) atoms. The Balaban J connectivity index is 1.81. The number of carbonyl (C=O) groups is 1. The van der Waals surface area contributed by atoms with Crippen LogP contribution in [0.3, 0.4) is 0 Å². The lowest BCUT2D eigenvalue weighted by atomic mass is 9.90. The molecule has 0 spiro atoms. The van der Waals surface area contributed by atoms with Gasteiger partial charge in [-0.2, -0.15) is 5.10 Å². The number of rotatable bonds is 4. The SMILES string of the molecule is CCn1nccc1C(=O)N1C[C@@H](CO)[C@H](c2ccncc2)C1. The summed E-state index contributed by atoms with van der Waals surface area (Å²) in [5.41, 5.74) is 1.72. The molecule has 0 aromatic carbocycles. The number of aromatic nitrogens is 3. The van der Waals surface area contributed by atoms with Crippen molar-refractivity contribution < 1.29 is 9.90 Å². The third-order valence-electron chi connectivity index (χ3n) is 4.33. The molecule has 0 aliphatic carbocycles. The molecule has 6 nitrogen and oxygen atoms in total. The summed E-state index contributed by atoms with van der Waals surface area (Å²) in [7, 11) is 0. The zero-order valence-electron chi connectivity index (χ0n) is 12.6. The second kappa shape index (κ2) is 6.27. The summed E-state index contributed by atoms with van der Waals surface area (Å²) in [4.78, 5) is 18.5. The second-order valence-corrected chi connectivity index (χ2v) is 5.57. The van der Waals surface area contributed by atoms with E-state index in [0.29, 0.717) is 25.3 Å². The molecule has 6 heteroatoms. The van der Waals surface area contributed by atoms with E-state index < -0.39 is 0 Å². The molecule has 0 bridgehead atoms. The predicted octanol–water partition coefficient (Wildman–Crippen LogP) is 1.15. The number of hydrogen-bond acceptors (Lipinski definition) is 4. The van der Waals surface area contributed by atoms with Crippen LogP contribution in [-0.2, 0) is 6.54 Å². The Morgan fingerprint density at radius 2 is 2.05 bits per heavy atom. The molecule has 0 saturated carbocycles. The molecular weight excluding hydrogens is 280 g/mol. The number of aryl methyl sites for hydroxylation is 1. The number of carbonyl (C=O) groups excluding carboxylic acids is 1. The predicted molar refractivity (Wildman–Crippen MR) is 81.4 cm³/mol. The van der Waals surface area contributed by atoms with Crippen molar-refractivity contribution in [1.82, 2.24) is 19.7 Å². The van der Waals surface area contributed by atoms with Gasteiger partial charge in [0.25, 0.3) is 5.91 Å². The van der Waals surface area contributed by atoms with Crippen molar-refractivity contribution in [2.45, 2.75) is 19.4 Å². The van der Waals surface area contributed by atoms with E-state index in [1.165, 1.54) is 0 Å². The van der Waals surface area contributed by atoms with E-state index in [2.05, 4.69) is 10.1 Å². The lowest BCUT2D eigenvalue weighted by Crippen LogP contribution is -2.31. The first kappa shape index (κ1) is 14.7. The number of amides is 1. The van der Waals surface area contributed by atoms with Crippen LogP contribution in [0.1, 0.15) is 28.9 Å². The third kappa shape index (κ3) is 2.62. The maximum atomic E-state index is 12.7. The van der Waals surface area contributed by atoms with Gasteiger partial charge in [0, 0.05) is 56.7 Å². The molecule has 0 radical (unpaired) electrons. The molecule has 116 valence electrons. The highest BCUT2D eigenvalue weighted by Gasteiger charge is 2.36. The average Bonchev–Trinajstić information content (AvgIpc) is 3.21. The van der Waals surface area contributed by atoms with Crippen molar-refractivity contribution in [2.24, 2.45) is 5.92 Å². The standard InChI is InChI=1S/C16H20N4O2/c1-2-20-15(5-8-18-20)16(22)19-9-13(11-21)14(10-19)12-3-6-17-7-4-12/h3-8,13-14,21H,2,9-11H2,1H3/t13-,14-/m0/s1. The molecule has 1 N–H and O–H groups in total. The molecule has 3 rings (SSSR count). The molecular formula is C16H20N4O2. The van der Waals surface area contributed by atoms with Crippen LogP contribution in [0.5, 0.6) is 0 Å².